The topological polar surface area (TPSA) is 83.5 Å². The fraction of sp³-hybridized carbons (Fsp3) is 0.774. The second-order valence-electron chi connectivity index (χ2n) is 14.7. The highest BCUT2D eigenvalue weighted by molar-refractivity contribution is 6.04. The lowest BCUT2D eigenvalue weighted by Gasteiger charge is -2.68. The molecule has 0 spiro atoms. The van der Waals surface area contributed by atoms with Gasteiger partial charge in [-0.3, -0.25) is 14.4 Å². The lowest BCUT2D eigenvalue weighted by molar-refractivity contribution is -0.159. The van der Waals surface area contributed by atoms with Crippen LogP contribution in [0.2, 0.25) is 0 Å². The molecule has 5 nitrogen and oxygen atoms in total. The van der Waals surface area contributed by atoms with Gasteiger partial charge in [0, 0.05) is 22.6 Å². The van der Waals surface area contributed by atoms with E-state index in [2.05, 4.69) is 52.9 Å². The number of carboxylic acids is 1. The molecule has 0 aromatic rings. The van der Waals surface area contributed by atoms with Gasteiger partial charge in [-0.15, -0.1) is 0 Å². The molecule has 1 amide bonds. The maximum absolute atomic E-state index is 13.7. The van der Waals surface area contributed by atoms with Crippen LogP contribution in [0.15, 0.2) is 23.4 Å². The van der Waals surface area contributed by atoms with Gasteiger partial charge in [0.15, 0.2) is 5.78 Å². The summed E-state index contributed by atoms with van der Waals surface area (Å²) >= 11 is 0. The van der Waals surface area contributed by atoms with Crippen LogP contribution in [-0.2, 0) is 14.4 Å². The van der Waals surface area contributed by atoms with E-state index in [1.165, 1.54) is 5.57 Å². The van der Waals surface area contributed by atoms with E-state index in [-0.39, 0.29) is 33.4 Å². The Hall–Kier alpha value is -1.91. The number of fused-ring (bicyclic) bond motifs is 7. The number of aliphatic carboxylic acids is 1. The summed E-state index contributed by atoms with van der Waals surface area (Å²) in [7, 11) is 0. The number of Topliss-reactive ketones (excluding diaryl/α,β-unsaturated/α-hetero) is 1. The van der Waals surface area contributed by atoms with Gasteiger partial charge in [-0.1, -0.05) is 53.2 Å². The number of carbonyl (C=O) groups is 3. The lowest BCUT2D eigenvalue weighted by atomic mass is 9.35. The Balaban J connectivity index is 1.63. The highest BCUT2D eigenvalue weighted by Gasteiger charge is 2.71. The van der Waals surface area contributed by atoms with Gasteiger partial charge in [-0.2, -0.15) is 0 Å². The summed E-state index contributed by atoms with van der Waals surface area (Å²) in [5.74, 6) is 0.348. The van der Waals surface area contributed by atoms with Crippen molar-refractivity contribution in [1.29, 1.82) is 0 Å². The first-order valence-corrected chi connectivity index (χ1v) is 14.0. The largest absolute Gasteiger partial charge is 0.481 e. The molecule has 4 saturated carbocycles. The molecule has 0 radical (unpaired) electrons. The minimum absolute atomic E-state index is 0.00169. The van der Waals surface area contributed by atoms with Gasteiger partial charge in [0.25, 0.3) is 0 Å². The molecule has 0 unspecified atom stereocenters. The molecule has 0 aromatic heterocycles. The average Bonchev–Trinajstić information content (AvgIpc) is 2.95. The summed E-state index contributed by atoms with van der Waals surface area (Å²) in [5, 5.41) is 12.8. The predicted octanol–water partition coefficient (Wildman–Crippen LogP) is 6.29. The first-order valence-electron chi connectivity index (χ1n) is 14.0. The van der Waals surface area contributed by atoms with Crippen LogP contribution in [0.4, 0.5) is 0 Å². The molecule has 0 bridgehead atoms. The van der Waals surface area contributed by atoms with Crippen molar-refractivity contribution in [3.63, 3.8) is 0 Å². The van der Waals surface area contributed by atoms with Crippen molar-refractivity contribution >= 4 is 18.2 Å². The molecular weight excluding hydrogens is 450 g/mol. The average molecular weight is 496 g/mol. The van der Waals surface area contributed by atoms with E-state index in [9.17, 15) is 19.5 Å². The molecule has 0 heterocycles. The summed E-state index contributed by atoms with van der Waals surface area (Å²) in [5.41, 5.74) is 1.01. The van der Waals surface area contributed by atoms with Gasteiger partial charge in [0.1, 0.15) is 0 Å². The normalized spacial score (nSPS) is 50.3. The maximum atomic E-state index is 13.7. The first kappa shape index (κ1) is 25.7. The number of nitrogens with one attached hydrogen (secondary N) is 1. The number of hydrogen-bond donors (Lipinski definition) is 2. The Bertz CT molecular complexity index is 1090. The number of carbonyl (C=O) groups excluding carboxylic acids is 2. The number of rotatable bonds is 3. The van der Waals surface area contributed by atoms with E-state index in [0.29, 0.717) is 18.2 Å². The highest BCUT2D eigenvalue weighted by Crippen LogP contribution is 2.76. The molecule has 198 valence electrons. The van der Waals surface area contributed by atoms with Gasteiger partial charge in [0.2, 0.25) is 6.41 Å². The van der Waals surface area contributed by atoms with Crippen LogP contribution in [0.5, 0.6) is 0 Å². The second-order valence-corrected chi connectivity index (χ2v) is 14.7. The van der Waals surface area contributed by atoms with Crippen molar-refractivity contribution < 1.29 is 19.5 Å². The molecule has 36 heavy (non-hydrogen) atoms. The van der Waals surface area contributed by atoms with Gasteiger partial charge in [-0.05, 0) is 92.3 Å². The van der Waals surface area contributed by atoms with E-state index < -0.39 is 16.8 Å². The van der Waals surface area contributed by atoms with Crippen LogP contribution in [0.1, 0.15) is 99.8 Å². The van der Waals surface area contributed by atoms with Crippen molar-refractivity contribution in [2.75, 3.05) is 0 Å². The number of carboxylic acid groups (broad SMARTS) is 1. The minimum Gasteiger partial charge on any atom is -0.481 e. The van der Waals surface area contributed by atoms with Gasteiger partial charge in [-0.25, -0.2) is 0 Å². The van der Waals surface area contributed by atoms with Crippen LogP contribution < -0.4 is 5.32 Å². The quantitative estimate of drug-likeness (QED) is 0.274. The van der Waals surface area contributed by atoms with Crippen molar-refractivity contribution in [3.8, 4) is 0 Å². The van der Waals surface area contributed by atoms with E-state index >= 15 is 0 Å². The molecule has 5 aliphatic carbocycles. The maximum Gasteiger partial charge on any atom is 0.309 e. The van der Waals surface area contributed by atoms with E-state index in [1.807, 2.05) is 6.92 Å². The molecule has 0 aromatic carbocycles. The third kappa shape index (κ3) is 2.92. The SMILES string of the molecule is CC1(C)C(=O)/C(=C\NC=O)[C@]2(C)[C@H]3CC=C4[C@@H]5C[C@](C)(C(=O)O)CC[C@]5(C)CC[C@@]4(C)[C@]3(C)CC[C@@H]12. The van der Waals surface area contributed by atoms with E-state index in [1.54, 1.807) is 6.20 Å². The van der Waals surface area contributed by atoms with Crippen molar-refractivity contribution in [2.45, 2.75) is 99.8 Å². The zero-order chi connectivity index (χ0) is 26.5. The van der Waals surface area contributed by atoms with Crippen LogP contribution in [0.25, 0.3) is 0 Å². The molecule has 0 aliphatic heterocycles. The summed E-state index contributed by atoms with van der Waals surface area (Å²) < 4.78 is 0. The molecule has 5 rings (SSSR count). The summed E-state index contributed by atoms with van der Waals surface area (Å²) in [4.78, 5) is 37.2. The van der Waals surface area contributed by atoms with Gasteiger partial charge >= 0.3 is 5.97 Å². The fourth-order valence-electron chi connectivity index (χ4n) is 10.4. The summed E-state index contributed by atoms with van der Waals surface area (Å²) in [6, 6.07) is 0. The number of hydrogen-bond acceptors (Lipinski definition) is 3. The second kappa shape index (κ2) is 7.57. The Kier molecular flexibility index (Phi) is 5.41. The zero-order valence-corrected chi connectivity index (χ0v) is 23.3. The monoisotopic (exact) mass is 495 g/mol. The number of allylic oxidation sites excluding steroid dienone is 3. The fourth-order valence-corrected chi connectivity index (χ4v) is 10.4. The van der Waals surface area contributed by atoms with Gasteiger partial charge in [0.05, 0.1) is 5.41 Å². The molecule has 8 atom stereocenters. The van der Waals surface area contributed by atoms with Gasteiger partial charge < -0.3 is 10.4 Å². The van der Waals surface area contributed by atoms with E-state index in [0.717, 1.165) is 56.9 Å². The van der Waals surface area contributed by atoms with Crippen LogP contribution >= 0.6 is 0 Å². The molecular formula is C31H45NO4. The van der Waals surface area contributed by atoms with Crippen molar-refractivity contribution in [3.05, 3.63) is 23.4 Å². The van der Waals surface area contributed by atoms with Crippen molar-refractivity contribution in [2.24, 2.45) is 50.2 Å². The van der Waals surface area contributed by atoms with Crippen LogP contribution in [-0.4, -0.2) is 23.3 Å². The Morgan fingerprint density at radius 1 is 1.00 bits per heavy atom. The molecule has 5 aliphatic rings. The Morgan fingerprint density at radius 2 is 1.67 bits per heavy atom. The predicted molar refractivity (Wildman–Crippen MR) is 140 cm³/mol. The summed E-state index contributed by atoms with van der Waals surface area (Å²) in [6.07, 6.45) is 12.5. The van der Waals surface area contributed by atoms with Crippen LogP contribution in [0, 0.1) is 50.2 Å². The number of ketones is 1. The Labute approximate surface area is 216 Å². The lowest BCUT2D eigenvalue weighted by Crippen LogP contribution is -2.61. The molecule has 2 N–H and O–H groups in total. The zero-order valence-electron chi connectivity index (χ0n) is 23.3. The smallest absolute Gasteiger partial charge is 0.309 e. The highest BCUT2D eigenvalue weighted by atomic mass is 16.4. The molecule has 4 fully saturated rings. The van der Waals surface area contributed by atoms with Crippen LogP contribution in [0.3, 0.4) is 0 Å². The first-order chi connectivity index (χ1) is 16.6. The third-order valence-corrected chi connectivity index (χ3v) is 13.0. The van der Waals surface area contributed by atoms with Crippen molar-refractivity contribution in [1.82, 2.24) is 5.32 Å². The van der Waals surface area contributed by atoms with E-state index in [4.69, 9.17) is 0 Å². The number of amides is 1. The molecule has 5 heteroatoms. The standard InChI is InChI=1S/C31H45NO4/c1-26(2)22-10-11-30(6)23(31(22,7)21(24(26)34)17-32-18-33)9-8-19-20-16-28(4,25(35)36)13-12-27(20,3)14-15-29(19,30)5/h8,17-18,20,22-23H,9-16H2,1-7H3,(H,32,33)(H,35,36)/b21-17+/t20-,22-,23-,27+,28+,29+,30+,31-/m0/s1. The third-order valence-electron chi connectivity index (χ3n) is 13.0. The Morgan fingerprint density at radius 3 is 2.31 bits per heavy atom. The minimum atomic E-state index is -0.664. The molecule has 0 saturated heterocycles. The summed E-state index contributed by atoms with van der Waals surface area (Å²) in [6.45, 7) is 15.7.